The van der Waals surface area contributed by atoms with Gasteiger partial charge in [-0.2, -0.15) is 0 Å². The first-order valence-corrected chi connectivity index (χ1v) is 8.38. The van der Waals surface area contributed by atoms with Gasteiger partial charge < -0.3 is 10.4 Å². The van der Waals surface area contributed by atoms with Crippen LogP contribution >= 0.6 is 31.9 Å². The number of phenolic OH excluding ortho intramolecular Hbond substituents is 1. The minimum absolute atomic E-state index is 0.357. The van der Waals surface area contributed by atoms with Crippen molar-refractivity contribution in [2.24, 2.45) is 5.92 Å². The monoisotopic (exact) mass is 388 g/mol. The Bertz CT molecular complexity index is 471. The van der Waals surface area contributed by atoms with E-state index in [0.29, 0.717) is 17.7 Å². The van der Waals surface area contributed by atoms with Gasteiger partial charge in [-0.05, 0) is 46.8 Å². The van der Waals surface area contributed by atoms with Gasteiger partial charge in [0.15, 0.2) is 0 Å². The van der Waals surface area contributed by atoms with Crippen molar-refractivity contribution in [2.75, 3.05) is 26.2 Å². The quantitative estimate of drug-likeness (QED) is 0.832. The maximum Gasteiger partial charge on any atom is 0.134 e. The molecular formula is C14H18Br2N2O. The van der Waals surface area contributed by atoms with Crippen molar-refractivity contribution in [1.29, 1.82) is 0 Å². The molecule has 3 rings (SSSR count). The number of halogens is 2. The molecule has 2 fully saturated rings. The van der Waals surface area contributed by atoms with Crippen molar-refractivity contribution < 1.29 is 5.11 Å². The molecule has 2 N–H and O–H groups in total. The van der Waals surface area contributed by atoms with Gasteiger partial charge in [-0.15, -0.1) is 0 Å². The Morgan fingerprint density at radius 2 is 1.89 bits per heavy atom. The first kappa shape index (κ1) is 13.9. The predicted octanol–water partition coefficient (Wildman–Crippen LogP) is 3.27. The van der Waals surface area contributed by atoms with E-state index in [9.17, 15) is 5.11 Å². The van der Waals surface area contributed by atoms with Crippen LogP contribution < -0.4 is 5.32 Å². The Morgan fingerprint density at radius 3 is 2.53 bits per heavy atom. The second-order valence-electron chi connectivity index (χ2n) is 5.39. The van der Waals surface area contributed by atoms with Crippen molar-refractivity contribution in [3.8, 4) is 5.75 Å². The third-order valence-electron chi connectivity index (χ3n) is 3.99. The Labute approximate surface area is 130 Å². The molecule has 1 saturated carbocycles. The van der Waals surface area contributed by atoms with E-state index in [1.807, 2.05) is 6.07 Å². The van der Waals surface area contributed by atoms with Crippen LogP contribution in [-0.2, 0) is 0 Å². The number of piperazine rings is 1. The van der Waals surface area contributed by atoms with E-state index in [0.717, 1.165) is 40.7 Å². The normalized spacial score (nSPS) is 22.4. The van der Waals surface area contributed by atoms with Crippen LogP contribution in [0.3, 0.4) is 0 Å². The highest BCUT2D eigenvalue weighted by Crippen LogP contribution is 2.48. The number of nitrogens with one attached hydrogen (secondary N) is 1. The van der Waals surface area contributed by atoms with Crippen LogP contribution in [0.2, 0.25) is 0 Å². The third kappa shape index (κ3) is 2.99. The van der Waals surface area contributed by atoms with Gasteiger partial charge in [0.25, 0.3) is 0 Å². The van der Waals surface area contributed by atoms with Gasteiger partial charge in [-0.25, -0.2) is 0 Å². The lowest BCUT2D eigenvalue weighted by atomic mass is 9.99. The molecule has 19 heavy (non-hydrogen) atoms. The molecule has 1 aliphatic carbocycles. The minimum atomic E-state index is 0.357. The zero-order chi connectivity index (χ0) is 13.4. The van der Waals surface area contributed by atoms with E-state index in [2.05, 4.69) is 48.1 Å². The molecule has 0 unspecified atom stereocenters. The molecule has 0 bridgehead atoms. The molecule has 0 amide bonds. The summed E-state index contributed by atoms with van der Waals surface area (Å²) in [6.45, 7) is 4.20. The molecule has 1 heterocycles. The first-order chi connectivity index (χ1) is 9.16. The van der Waals surface area contributed by atoms with E-state index in [1.165, 1.54) is 12.8 Å². The summed E-state index contributed by atoms with van der Waals surface area (Å²) in [5.74, 6) is 1.10. The summed E-state index contributed by atoms with van der Waals surface area (Å²) in [5.41, 5.74) is 1.06. The van der Waals surface area contributed by atoms with Crippen LogP contribution in [0.4, 0.5) is 0 Å². The number of nitrogens with zero attached hydrogens (tertiary/aromatic N) is 1. The lowest BCUT2D eigenvalue weighted by Crippen LogP contribution is -2.45. The van der Waals surface area contributed by atoms with Crippen LogP contribution in [0.25, 0.3) is 0 Å². The summed E-state index contributed by atoms with van der Waals surface area (Å²) in [5, 5.41) is 13.8. The summed E-state index contributed by atoms with van der Waals surface area (Å²) in [4.78, 5) is 2.52. The number of hydrogen-bond acceptors (Lipinski definition) is 3. The third-order valence-corrected chi connectivity index (χ3v) is 5.05. The Hall–Kier alpha value is -0.100. The molecule has 1 aromatic carbocycles. The van der Waals surface area contributed by atoms with Crippen molar-refractivity contribution in [3.05, 3.63) is 26.6 Å². The molecule has 104 valence electrons. The van der Waals surface area contributed by atoms with Crippen molar-refractivity contribution in [2.45, 2.75) is 18.9 Å². The molecule has 2 aliphatic rings. The molecule has 1 aromatic rings. The first-order valence-electron chi connectivity index (χ1n) is 6.79. The van der Waals surface area contributed by atoms with Gasteiger partial charge in [0, 0.05) is 42.3 Å². The van der Waals surface area contributed by atoms with E-state index in [-0.39, 0.29) is 0 Å². The lowest BCUT2D eigenvalue weighted by molar-refractivity contribution is 0.153. The molecule has 5 heteroatoms. The van der Waals surface area contributed by atoms with E-state index < -0.39 is 0 Å². The van der Waals surface area contributed by atoms with Gasteiger partial charge in [0.1, 0.15) is 5.75 Å². The summed E-state index contributed by atoms with van der Waals surface area (Å²) < 4.78 is 1.80. The van der Waals surface area contributed by atoms with Crippen LogP contribution in [-0.4, -0.2) is 36.2 Å². The maximum absolute atomic E-state index is 10.4. The summed E-state index contributed by atoms with van der Waals surface area (Å²) >= 11 is 6.98. The Kier molecular flexibility index (Phi) is 4.17. The SMILES string of the molecule is Oc1c(Br)cc(Br)cc1[C@@H](C1CC1)N1CCNCC1. The largest absolute Gasteiger partial charge is 0.506 e. The highest BCUT2D eigenvalue weighted by Gasteiger charge is 2.38. The second kappa shape index (κ2) is 5.72. The van der Waals surface area contributed by atoms with Crippen LogP contribution in [0, 0.1) is 5.92 Å². The van der Waals surface area contributed by atoms with Crippen LogP contribution in [0.1, 0.15) is 24.4 Å². The Balaban J connectivity index is 1.95. The number of aromatic hydroxyl groups is 1. The zero-order valence-corrected chi connectivity index (χ0v) is 13.9. The highest BCUT2D eigenvalue weighted by atomic mass is 79.9. The fraction of sp³-hybridized carbons (Fsp3) is 0.571. The minimum Gasteiger partial charge on any atom is -0.506 e. The fourth-order valence-electron chi connectivity index (χ4n) is 2.93. The van der Waals surface area contributed by atoms with Gasteiger partial charge in [-0.3, -0.25) is 4.90 Å². The number of phenols is 1. The van der Waals surface area contributed by atoms with Crippen LogP contribution in [0.5, 0.6) is 5.75 Å². The van der Waals surface area contributed by atoms with Crippen molar-refractivity contribution in [1.82, 2.24) is 10.2 Å². The van der Waals surface area contributed by atoms with E-state index in [4.69, 9.17) is 0 Å². The smallest absolute Gasteiger partial charge is 0.134 e. The predicted molar refractivity (Wildman–Crippen MR) is 83.4 cm³/mol. The van der Waals surface area contributed by atoms with Gasteiger partial charge >= 0.3 is 0 Å². The number of rotatable bonds is 3. The van der Waals surface area contributed by atoms with Gasteiger partial charge in [0.05, 0.1) is 4.47 Å². The highest BCUT2D eigenvalue weighted by molar-refractivity contribution is 9.11. The summed E-state index contributed by atoms with van der Waals surface area (Å²) in [7, 11) is 0. The number of benzene rings is 1. The zero-order valence-electron chi connectivity index (χ0n) is 10.7. The molecule has 0 radical (unpaired) electrons. The second-order valence-corrected chi connectivity index (χ2v) is 7.16. The molecule has 1 atom stereocenters. The molecule has 0 aromatic heterocycles. The number of hydrogen-bond donors (Lipinski definition) is 2. The van der Waals surface area contributed by atoms with Crippen molar-refractivity contribution in [3.63, 3.8) is 0 Å². The maximum atomic E-state index is 10.4. The average molecular weight is 390 g/mol. The standard InChI is InChI=1S/C14H18Br2N2O/c15-10-7-11(14(19)12(16)8-10)13(9-1-2-9)18-5-3-17-4-6-18/h7-9,13,17,19H,1-6H2/t13-/m1/s1. The summed E-state index contributed by atoms with van der Waals surface area (Å²) in [6, 6.07) is 4.34. The van der Waals surface area contributed by atoms with E-state index in [1.54, 1.807) is 0 Å². The summed E-state index contributed by atoms with van der Waals surface area (Å²) in [6.07, 6.45) is 2.55. The van der Waals surface area contributed by atoms with Gasteiger partial charge in [0.2, 0.25) is 0 Å². The van der Waals surface area contributed by atoms with Gasteiger partial charge in [-0.1, -0.05) is 15.9 Å². The molecule has 1 aliphatic heterocycles. The average Bonchev–Trinajstić information content (AvgIpc) is 3.21. The molecule has 0 spiro atoms. The van der Waals surface area contributed by atoms with Crippen LogP contribution in [0.15, 0.2) is 21.1 Å². The fourth-order valence-corrected chi connectivity index (χ4v) is 4.19. The molecule has 3 nitrogen and oxygen atoms in total. The lowest BCUT2D eigenvalue weighted by Gasteiger charge is -2.36. The topological polar surface area (TPSA) is 35.5 Å². The van der Waals surface area contributed by atoms with Crippen molar-refractivity contribution >= 4 is 31.9 Å². The Morgan fingerprint density at radius 1 is 1.21 bits per heavy atom. The molecule has 1 saturated heterocycles. The molecular weight excluding hydrogens is 372 g/mol. The van der Waals surface area contributed by atoms with E-state index >= 15 is 0 Å².